The average Bonchev–Trinajstić information content (AvgIpc) is 2.85. The number of nitrogens with one attached hydrogen (secondary N) is 1. The second-order valence-corrected chi connectivity index (χ2v) is 7.57. The fraction of sp³-hybridized carbons (Fsp3) is 0.538. The van der Waals surface area contributed by atoms with Crippen molar-refractivity contribution in [3.05, 3.63) is 22.5 Å². The van der Waals surface area contributed by atoms with E-state index >= 15 is 0 Å². The second-order valence-electron chi connectivity index (χ2n) is 5.05. The van der Waals surface area contributed by atoms with Gasteiger partial charge in [0.1, 0.15) is 12.3 Å². The van der Waals surface area contributed by atoms with Crippen molar-refractivity contribution < 1.29 is 22.7 Å². The van der Waals surface area contributed by atoms with E-state index in [4.69, 9.17) is 39.5 Å². The molecule has 0 bridgehead atoms. The number of pyridine rings is 1. The molecule has 1 amide bonds. The van der Waals surface area contributed by atoms with Crippen LogP contribution in [0.2, 0.25) is 0 Å². The summed E-state index contributed by atoms with van der Waals surface area (Å²) < 4.78 is 42.1. The fourth-order valence-corrected chi connectivity index (χ4v) is 2.58. The Kier molecular flexibility index (Phi) is 5.23. The lowest BCUT2D eigenvalue weighted by Gasteiger charge is -2.18. The minimum absolute atomic E-state index is 0.0640. The first-order chi connectivity index (χ1) is 10.5. The smallest absolute Gasteiger partial charge is 0.433 e. The lowest BCUT2D eigenvalue weighted by atomic mass is 10.1. The SMILES string of the molecule is Cc1c(C(F)(F)F)nc2c(c1NC(=O)OCC(Cl)(Cl)Cl)CCC2. The van der Waals surface area contributed by atoms with Gasteiger partial charge >= 0.3 is 12.3 Å². The molecule has 1 aliphatic carbocycles. The van der Waals surface area contributed by atoms with Crippen molar-refractivity contribution in [1.29, 1.82) is 0 Å². The molecule has 1 aromatic heterocycles. The number of carbonyl (C=O) groups is 1. The van der Waals surface area contributed by atoms with Gasteiger partial charge in [-0.05, 0) is 31.7 Å². The van der Waals surface area contributed by atoms with Crippen LogP contribution < -0.4 is 5.32 Å². The van der Waals surface area contributed by atoms with Gasteiger partial charge in [-0.25, -0.2) is 9.78 Å². The standard InChI is InChI=1S/C13H12Cl3F3N2O2/c1-6-9(21-11(22)23-5-12(14,15)16)7-3-2-4-8(7)20-10(6)13(17,18)19/h2-5H2,1H3,(H,20,21,22). The molecule has 10 heteroatoms. The topological polar surface area (TPSA) is 51.2 Å². The number of hydrogen-bond donors (Lipinski definition) is 1. The van der Waals surface area contributed by atoms with E-state index in [1.807, 2.05) is 0 Å². The van der Waals surface area contributed by atoms with Gasteiger partial charge in [0.05, 0.1) is 5.69 Å². The summed E-state index contributed by atoms with van der Waals surface area (Å²) in [5.74, 6) is 0. The number of ether oxygens (including phenoxy) is 1. The summed E-state index contributed by atoms with van der Waals surface area (Å²) in [6, 6.07) is 0. The van der Waals surface area contributed by atoms with Gasteiger partial charge in [-0.3, -0.25) is 5.32 Å². The normalized spacial score (nSPS) is 14.6. The van der Waals surface area contributed by atoms with E-state index in [-0.39, 0.29) is 11.3 Å². The Labute approximate surface area is 145 Å². The summed E-state index contributed by atoms with van der Waals surface area (Å²) in [4.78, 5) is 15.5. The maximum Gasteiger partial charge on any atom is 0.433 e. The number of alkyl halides is 6. The molecule has 2 rings (SSSR count). The van der Waals surface area contributed by atoms with Crippen LogP contribution in [0.3, 0.4) is 0 Å². The summed E-state index contributed by atoms with van der Waals surface area (Å²) in [5.41, 5.74) is -0.200. The predicted octanol–water partition coefficient (Wildman–Crippen LogP) is 4.82. The molecule has 0 spiro atoms. The van der Waals surface area contributed by atoms with E-state index in [9.17, 15) is 18.0 Å². The molecule has 1 N–H and O–H groups in total. The molecule has 0 saturated carbocycles. The first-order valence-electron chi connectivity index (χ1n) is 6.59. The minimum Gasteiger partial charge on any atom is -0.445 e. The van der Waals surface area contributed by atoms with Gasteiger partial charge < -0.3 is 4.74 Å². The Bertz CT molecular complexity index is 630. The molecular formula is C13H12Cl3F3N2O2. The zero-order valence-electron chi connectivity index (χ0n) is 11.9. The number of amides is 1. The number of nitrogens with zero attached hydrogens (tertiary/aromatic N) is 1. The molecule has 0 aromatic carbocycles. The Hall–Kier alpha value is -0.920. The van der Waals surface area contributed by atoms with E-state index in [1.54, 1.807) is 0 Å². The van der Waals surface area contributed by atoms with E-state index in [1.165, 1.54) is 6.92 Å². The van der Waals surface area contributed by atoms with Crippen LogP contribution in [0.25, 0.3) is 0 Å². The molecule has 1 heterocycles. The highest BCUT2D eigenvalue weighted by atomic mass is 35.6. The van der Waals surface area contributed by atoms with Crippen molar-refractivity contribution in [1.82, 2.24) is 4.98 Å². The third-order valence-electron chi connectivity index (χ3n) is 3.33. The second kappa shape index (κ2) is 6.53. The number of rotatable bonds is 2. The number of fused-ring (bicyclic) bond motifs is 1. The maximum atomic E-state index is 13.1. The number of carbonyl (C=O) groups excluding carboxylic acids is 1. The van der Waals surface area contributed by atoms with E-state index < -0.39 is 28.4 Å². The summed E-state index contributed by atoms with van der Waals surface area (Å²) in [5, 5.41) is 2.32. The van der Waals surface area contributed by atoms with Crippen molar-refractivity contribution in [2.75, 3.05) is 11.9 Å². The lowest BCUT2D eigenvalue weighted by molar-refractivity contribution is -0.141. The summed E-state index contributed by atoms with van der Waals surface area (Å²) in [6.07, 6.45) is -3.98. The lowest BCUT2D eigenvalue weighted by Crippen LogP contribution is -2.23. The molecule has 23 heavy (non-hydrogen) atoms. The third-order valence-corrected chi connectivity index (χ3v) is 3.66. The number of anilines is 1. The van der Waals surface area contributed by atoms with Gasteiger partial charge in [0.15, 0.2) is 0 Å². The summed E-state index contributed by atoms with van der Waals surface area (Å²) >= 11 is 16.4. The number of aromatic nitrogens is 1. The molecule has 0 unspecified atom stereocenters. The van der Waals surface area contributed by atoms with Crippen LogP contribution in [0, 0.1) is 6.92 Å². The van der Waals surface area contributed by atoms with Crippen LogP contribution >= 0.6 is 34.8 Å². The van der Waals surface area contributed by atoms with Gasteiger partial charge in [0, 0.05) is 11.3 Å². The molecule has 1 aliphatic rings. The van der Waals surface area contributed by atoms with Gasteiger partial charge in [-0.1, -0.05) is 34.8 Å². The van der Waals surface area contributed by atoms with E-state index in [0.29, 0.717) is 30.5 Å². The molecule has 0 radical (unpaired) electrons. The zero-order chi connectivity index (χ0) is 17.4. The van der Waals surface area contributed by atoms with Crippen molar-refractivity contribution in [3.63, 3.8) is 0 Å². The monoisotopic (exact) mass is 390 g/mol. The maximum absolute atomic E-state index is 13.1. The molecule has 4 nitrogen and oxygen atoms in total. The molecule has 0 fully saturated rings. The molecule has 0 aliphatic heterocycles. The fourth-order valence-electron chi connectivity index (χ4n) is 2.41. The molecule has 0 saturated heterocycles. The van der Waals surface area contributed by atoms with Crippen molar-refractivity contribution >= 4 is 46.6 Å². The number of aryl methyl sites for hydroxylation is 1. The van der Waals surface area contributed by atoms with Gasteiger partial charge in [0.2, 0.25) is 3.79 Å². The summed E-state index contributed by atoms with van der Waals surface area (Å²) in [6.45, 7) is 0.723. The third kappa shape index (κ3) is 4.55. The highest BCUT2D eigenvalue weighted by Crippen LogP contribution is 2.38. The highest BCUT2D eigenvalue weighted by molar-refractivity contribution is 6.67. The van der Waals surface area contributed by atoms with Crippen molar-refractivity contribution in [3.8, 4) is 0 Å². The van der Waals surface area contributed by atoms with Gasteiger partial charge in [0.25, 0.3) is 0 Å². The van der Waals surface area contributed by atoms with Gasteiger partial charge in [-0.15, -0.1) is 0 Å². The molecule has 0 atom stereocenters. The molecule has 1 aromatic rings. The van der Waals surface area contributed by atoms with Gasteiger partial charge in [-0.2, -0.15) is 13.2 Å². The van der Waals surface area contributed by atoms with Crippen LogP contribution in [0.5, 0.6) is 0 Å². The van der Waals surface area contributed by atoms with Crippen LogP contribution in [-0.2, 0) is 23.8 Å². The number of hydrogen-bond acceptors (Lipinski definition) is 3. The first-order valence-corrected chi connectivity index (χ1v) is 7.72. The molecular weight excluding hydrogens is 380 g/mol. The van der Waals surface area contributed by atoms with E-state index in [2.05, 4.69) is 10.3 Å². The van der Waals surface area contributed by atoms with Crippen molar-refractivity contribution in [2.45, 2.75) is 36.2 Å². The van der Waals surface area contributed by atoms with Crippen LogP contribution in [0.15, 0.2) is 0 Å². The predicted molar refractivity (Wildman–Crippen MR) is 81.3 cm³/mol. The molecule has 128 valence electrons. The van der Waals surface area contributed by atoms with Crippen LogP contribution in [0.4, 0.5) is 23.7 Å². The van der Waals surface area contributed by atoms with Crippen molar-refractivity contribution in [2.24, 2.45) is 0 Å². The first kappa shape index (κ1) is 18.4. The quantitative estimate of drug-likeness (QED) is 0.736. The van der Waals surface area contributed by atoms with E-state index in [0.717, 1.165) is 0 Å². The highest BCUT2D eigenvalue weighted by Gasteiger charge is 2.38. The average molecular weight is 392 g/mol. The Morgan fingerprint density at radius 3 is 2.52 bits per heavy atom. The number of halogens is 6. The Balaban J connectivity index is 2.31. The summed E-state index contributed by atoms with van der Waals surface area (Å²) in [7, 11) is 0. The largest absolute Gasteiger partial charge is 0.445 e. The Morgan fingerprint density at radius 1 is 1.30 bits per heavy atom. The Morgan fingerprint density at radius 2 is 1.96 bits per heavy atom. The minimum atomic E-state index is -4.61. The van der Waals surface area contributed by atoms with Crippen LogP contribution in [0.1, 0.15) is 28.9 Å². The zero-order valence-corrected chi connectivity index (χ0v) is 14.1. The van der Waals surface area contributed by atoms with Crippen LogP contribution in [-0.4, -0.2) is 21.5 Å².